The molecule has 0 aliphatic carbocycles. The number of imidazole rings is 1. The van der Waals surface area contributed by atoms with Crippen molar-refractivity contribution in [3.63, 3.8) is 0 Å². The van der Waals surface area contributed by atoms with Crippen molar-refractivity contribution in [2.45, 2.75) is 13.5 Å². The number of thiazole rings is 1. The first-order valence-electron chi connectivity index (χ1n) is 9.34. The number of carbonyl (C=O) groups is 1. The number of hydroxylamine groups is 1. The Morgan fingerprint density at radius 2 is 1.97 bits per heavy atom. The van der Waals surface area contributed by atoms with Crippen LogP contribution in [0.5, 0.6) is 0 Å². The van der Waals surface area contributed by atoms with Crippen LogP contribution >= 0.6 is 11.3 Å². The Morgan fingerprint density at radius 3 is 2.67 bits per heavy atom. The molecule has 0 saturated heterocycles. The molecule has 8 nitrogen and oxygen atoms in total. The lowest BCUT2D eigenvalue weighted by Gasteiger charge is -2.09. The van der Waals surface area contributed by atoms with E-state index in [-0.39, 0.29) is 0 Å². The normalized spacial score (nSPS) is 11.2. The topological polar surface area (TPSA) is 94.8 Å². The first-order chi connectivity index (χ1) is 14.4. The molecule has 154 valence electrons. The standard InChI is InChI=1S/C21H22N6O2S/c1-13-19(27-9-8-14(11-26(2)3)10-18(27)22-13)17-12-30-21(24-17)23-16-6-4-15(5-7-16)20(28)25-29/h4-10,12,29H,11H2,1-3H3,(H,23,24)(H,25,28). The molecule has 1 amide bonds. The molecule has 4 aromatic rings. The number of pyridine rings is 1. The van der Waals surface area contributed by atoms with Crippen LogP contribution in [0.1, 0.15) is 21.6 Å². The van der Waals surface area contributed by atoms with E-state index in [0.717, 1.165) is 40.1 Å². The number of amides is 1. The van der Waals surface area contributed by atoms with Crippen LogP contribution in [0, 0.1) is 6.92 Å². The molecule has 3 N–H and O–H groups in total. The molecule has 0 aliphatic rings. The fraction of sp³-hybridized carbons (Fsp3) is 0.190. The van der Waals surface area contributed by atoms with Gasteiger partial charge in [-0.3, -0.25) is 14.4 Å². The summed E-state index contributed by atoms with van der Waals surface area (Å²) in [5.41, 5.74) is 7.66. The molecular formula is C21H22N6O2S. The molecule has 0 unspecified atom stereocenters. The fourth-order valence-electron chi connectivity index (χ4n) is 3.31. The molecule has 3 heterocycles. The van der Waals surface area contributed by atoms with Crippen molar-refractivity contribution in [1.29, 1.82) is 0 Å². The predicted molar refractivity (Wildman–Crippen MR) is 117 cm³/mol. The second-order valence-electron chi connectivity index (χ2n) is 7.23. The highest BCUT2D eigenvalue weighted by molar-refractivity contribution is 7.14. The van der Waals surface area contributed by atoms with Crippen molar-refractivity contribution in [1.82, 2.24) is 24.7 Å². The van der Waals surface area contributed by atoms with Gasteiger partial charge in [-0.2, -0.15) is 0 Å². The summed E-state index contributed by atoms with van der Waals surface area (Å²) in [5.74, 6) is -0.546. The highest BCUT2D eigenvalue weighted by Crippen LogP contribution is 2.30. The minimum Gasteiger partial charge on any atom is -0.332 e. The molecule has 30 heavy (non-hydrogen) atoms. The molecule has 0 aliphatic heterocycles. The van der Waals surface area contributed by atoms with E-state index in [1.807, 2.05) is 32.6 Å². The van der Waals surface area contributed by atoms with Crippen LogP contribution in [0.25, 0.3) is 17.0 Å². The summed E-state index contributed by atoms with van der Waals surface area (Å²) in [7, 11) is 4.09. The molecule has 0 spiro atoms. The molecule has 1 aromatic carbocycles. The predicted octanol–water partition coefficient (Wildman–Crippen LogP) is 3.69. The van der Waals surface area contributed by atoms with Crippen molar-refractivity contribution >= 4 is 33.7 Å². The van der Waals surface area contributed by atoms with Gasteiger partial charge in [0.25, 0.3) is 5.91 Å². The summed E-state index contributed by atoms with van der Waals surface area (Å²) in [4.78, 5) is 23.0. The van der Waals surface area contributed by atoms with Gasteiger partial charge in [0.05, 0.1) is 11.4 Å². The second kappa shape index (κ2) is 8.23. The van der Waals surface area contributed by atoms with E-state index in [1.54, 1.807) is 29.7 Å². The number of fused-ring (bicyclic) bond motifs is 1. The molecule has 9 heteroatoms. The average Bonchev–Trinajstić information content (AvgIpc) is 3.30. The van der Waals surface area contributed by atoms with Gasteiger partial charge in [0.15, 0.2) is 5.13 Å². The van der Waals surface area contributed by atoms with E-state index < -0.39 is 5.91 Å². The number of hydrogen-bond acceptors (Lipinski definition) is 7. The van der Waals surface area contributed by atoms with Gasteiger partial charge in [-0.15, -0.1) is 11.3 Å². The fourth-order valence-corrected chi connectivity index (χ4v) is 4.02. The van der Waals surface area contributed by atoms with Gasteiger partial charge in [-0.1, -0.05) is 0 Å². The van der Waals surface area contributed by atoms with Gasteiger partial charge in [-0.25, -0.2) is 15.4 Å². The maximum Gasteiger partial charge on any atom is 0.274 e. The molecule has 0 radical (unpaired) electrons. The number of benzene rings is 1. The van der Waals surface area contributed by atoms with Gasteiger partial charge >= 0.3 is 0 Å². The van der Waals surface area contributed by atoms with E-state index in [9.17, 15) is 4.79 Å². The number of anilines is 2. The number of aryl methyl sites for hydroxylation is 1. The third-order valence-corrected chi connectivity index (χ3v) is 5.37. The van der Waals surface area contributed by atoms with E-state index >= 15 is 0 Å². The summed E-state index contributed by atoms with van der Waals surface area (Å²) in [6.07, 6.45) is 2.04. The zero-order valence-electron chi connectivity index (χ0n) is 16.9. The number of aromatic nitrogens is 3. The van der Waals surface area contributed by atoms with Gasteiger partial charge in [0, 0.05) is 29.4 Å². The van der Waals surface area contributed by atoms with Gasteiger partial charge in [-0.05, 0) is 63.0 Å². The number of nitrogens with one attached hydrogen (secondary N) is 2. The Bertz CT molecular complexity index is 1200. The average molecular weight is 423 g/mol. The maximum absolute atomic E-state index is 11.4. The Kier molecular flexibility index (Phi) is 5.49. The van der Waals surface area contributed by atoms with Crippen molar-refractivity contribution in [2.75, 3.05) is 19.4 Å². The van der Waals surface area contributed by atoms with Crippen molar-refractivity contribution in [2.24, 2.45) is 0 Å². The SMILES string of the molecule is Cc1nc2cc(CN(C)C)ccn2c1-c1csc(Nc2ccc(C(=O)NO)cc2)n1. The lowest BCUT2D eigenvalue weighted by Crippen LogP contribution is -2.18. The number of carbonyl (C=O) groups excluding carboxylic acids is 1. The molecule has 4 rings (SSSR count). The Morgan fingerprint density at radius 1 is 1.20 bits per heavy atom. The van der Waals surface area contributed by atoms with Crippen LogP contribution in [-0.2, 0) is 6.54 Å². The largest absolute Gasteiger partial charge is 0.332 e. The van der Waals surface area contributed by atoms with Crippen molar-refractivity contribution < 1.29 is 10.0 Å². The van der Waals surface area contributed by atoms with E-state index in [1.165, 1.54) is 16.9 Å². The molecule has 0 saturated carbocycles. The maximum atomic E-state index is 11.4. The minimum absolute atomic E-state index is 0.373. The highest BCUT2D eigenvalue weighted by Gasteiger charge is 2.15. The molecule has 0 fully saturated rings. The Hall–Kier alpha value is -3.27. The lowest BCUT2D eigenvalue weighted by atomic mass is 10.2. The Labute approximate surface area is 177 Å². The summed E-state index contributed by atoms with van der Waals surface area (Å²) in [5, 5.41) is 14.7. The van der Waals surface area contributed by atoms with E-state index in [0.29, 0.717) is 5.56 Å². The number of rotatable bonds is 6. The molecule has 3 aromatic heterocycles. The lowest BCUT2D eigenvalue weighted by molar-refractivity contribution is 0.0706. The van der Waals surface area contributed by atoms with Crippen LogP contribution in [0.4, 0.5) is 10.8 Å². The Balaban J connectivity index is 1.58. The van der Waals surface area contributed by atoms with E-state index in [2.05, 4.69) is 26.8 Å². The quantitative estimate of drug-likeness (QED) is 0.324. The monoisotopic (exact) mass is 422 g/mol. The zero-order chi connectivity index (χ0) is 21.3. The third kappa shape index (κ3) is 4.04. The van der Waals surface area contributed by atoms with Crippen LogP contribution in [0.2, 0.25) is 0 Å². The molecule has 0 atom stereocenters. The zero-order valence-corrected chi connectivity index (χ0v) is 17.7. The van der Waals surface area contributed by atoms with E-state index in [4.69, 9.17) is 15.2 Å². The summed E-state index contributed by atoms with van der Waals surface area (Å²) in [6.45, 7) is 2.85. The summed E-state index contributed by atoms with van der Waals surface area (Å²) in [6, 6.07) is 11.0. The highest BCUT2D eigenvalue weighted by atomic mass is 32.1. The second-order valence-corrected chi connectivity index (χ2v) is 8.09. The van der Waals surface area contributed by atoms with Crippen LogP contribution in [-0.4, -0.2) is 44.5 Å². The van der Waals surface area contributed by atoms with Crippen molar-refractivity contribution in [3.8, 4) is 11.4 Å². The molecule has 0 bridgehead atoms. The van der Waals surface area contributed by atoms with Gasteiger partial charge in [0.1, 0.15) is 11.3 Å². The van der Waals surface area contributed by atoms with Crippen molar-refractivity contribution in [3.05, 3.63) is 64.8 Å². The van der Waals surface area contributed by atoms with Crippen LogP contribution in [0.15, 0.2) is 48.0 Å². The summed E-state index contributed by atoms with van der Waals surface area (Å²) < 4.78 is 2.07. The summed E-state index contributed by atoms with van der Waals surface area (Å²) >= 11 is 1.50. The van der Waals surface area contributed by atoms with Crippen LogP contribution in [0.3, 0.4) is 0 Å². The van der Waals surface area contributed by atoms with Gasteiger partial charge in [0.2, 0.25) is 0 Å². The first kappa shape index (κ1) is 20.0. The first-order valence-corrected chi connectivity index (χ1v) is 10.2. The van der Waals surface area contributed by atoms with Gasteiger partial charge < -0.3 is 10.2 Å². The third-order valence-electron chi connectivity index (χ3n) is 4.61. The number of hydrogen-bond donors (Lipinski definition) is 3. The number of nitrogens with zero attached hydrogens (tertiary/aromatic N) is 4. The van der Waals surface area contributed by atoms with Crippen LogP contribution < -0.4 is 10.8 Å². The smallest absolute Gasteiger partial charge is 0.274 e. The molecular weight excluding hydrogens is 400 g/mol. The minimum atomic E-state index is -0.546.